The van der Waals surface area contributed by atoms with E-state index in [0.717, 1.165) is 47.9 Å². The van der Waals surface area contributed by atoms with Crippen LogP contribution in [0.25, 0.3) is 0 Å². The lowest BCUT2D eigenvalue weighted by Gasteiger charge is -2.44. The van der Waals surface area contributed by atoms with E-state index in [4.69, 9.17) is 18.4 Å². The van der Waals surface area contributed by atoms with Crippen molar-refractivity contribution in [3.8, 4) is 5.75 Å². The van der Waals surface area contributed by atoms with Crippen LogP contribution in [0.3, 0.4) is 0 Å². The molecule has 0 N–H and O–H groups in total. The average molecular weight is 599 g/mol. The van der Waals surface area contributed by atoms with Crippen LogP contribution >= 0.6 is 0 Å². The van der Waals surface area contributed by atoms with Gasteiger partial charge in [-0.3, -0.25) is 13.8 Å². The molecule has 8 nitrogen and oxygen atoms in total. The Balaban J connectivity index is 1.02. The largest absolute Gasteiger partial charge is 0.456 e. The number of hydrogen-bond acceptors (Lipinski definition) is 8. The molecule has 7 unspecified atom stereocenters. The molecule has 3 heterocycles. The predicted molar refractivity (Wildman–Crippen MR) is 153 cm³/mol. The second kappa shape index (κ2) is 9.24. The summed E-state index contributed by atoms with van der Waals surface area (Å²) in [5.74, 6) is -2.37. The van der Waals surface area contributed by atoms with Gasteiger partial charge in [0.15, 0.2) is 6.10 Å². The summed E-state index contributed by atoms with van der Waals surface area (Å²) in [6.45, 7) is 0. The van der Waals surface area contributed by atoms with Gasteiger partial charge in [0.05, 0.1) is 5.92 Å². The van der Waals surface area contributed by atoms with Crippen molar-refractivity contribution in [3.63, 3.8) is 0 Å². The van der Waals surface area contributed by atoms with E-state index in [-0.39, 0.29) is 11.8 Å². The van der Waals surface area contributed by atoms with Crippen molar-refractivity contribution in [3.05, 3.63) is 100 Å². The molecule has 10 rings (SSSR count). The summed E-state index contributed by atoms with van der Waals surface area (Å²) < 4.78 is 49.9. The van der Waals surface area contributed by atoms with Gasteiger partial charge < -0.3 is 14.2 Å². The van der Waals surface area contributed by atoms with Gasteiger partial charge >= 0.3 is 11.9 Å². The zero-order valence-electron chi connectivity index (χ0n) is 23.3. The van der Waals surface area contributed by atoms with E-state index in [1.165, 1.54) is 11.1 Å². The van der Waals surface area contributed by atoms with Crippen molar-refractivity contribution < 1.29 is 36.4 Å². The van der Waals surface area contributed by atoms with Gasteiger partial charge in [-0.2, -0.15) is 8.42 Å². The first-order chi connectivity index (χ1) is 20.9. The Hall–Kier alpha value is -3.53. The normalized spacial score (nSPS) is 35.1. The highest BCUT2D eigenvalue weighted by atomic mass is 32.2. The number of carbonyl (C=O) groups is 2. The number of hydrogen-bond donors (Lipinski definition) is 0. The van der Waals surface area contributed by atoms with Crippen LogP contribution in [0.4, 0.5) is 0 Å². The summed E-state index contributed by atoms with van der Waals surface area (Å²) in [7, 11) is -4.13. The Morgan fingerprint density at radius 1 is 0.767 bits per heavy atom. The van der Waals surface area contributed by atoms with Crippen LogP contribution in [0.1, 0.15) is 64.5 Å². The Morgan fingerprint density at radius 3 is 2.21 bits per heavy atom. The van der Waals surface area contributed by atoms with Crippen LogP contribution in [0.2, 0.25) is 0 Å². The number of carbonyl (C=O) groups excluding carboxylic acids is 2. The maximum absolute atomic E-state index is 14.0. The lowest BCUT2D eigenvalue weighted by atomic mass is 9.59. The van der Waals surface area contributed by atoms with Crippen LogP contribution in [0.5, 0.6) is 5.75 Å². The molecule has 0 aromatic heterocycles. The fourth-order valence-corrected chi connectivity index (χ4v) is 10.7. The third-order valence-corrected chi connectivity index (χ3v) is 12.3. The smallest absolute Gasteiger partial charge is 0.318 e. The molecular formula is C34H30O8S. The summed E-state index contributed by atoms with van der Waals surface area (Å²) in [6, 6.07) is 22.1. The monoisotopic (exact) mass is 598 g/mol. The first kappa shape index (κ1) is 25.9. The van der Waals surface area contributed by atoms with Crippen LogP contribution in [0, 0.1) is 11.8 Å². The Bertz CT molecular complexity index is 1750. The highest BCUT2D eigenvalue weighted by molar-refractivity contribution is 7.87. The van der Waals surface area contributed by atoms with E-state index in [9.17, 15) is 18.0 Å². The first-order valence-corrected chi connectivity index (χ1v) is 16.7. The zero-order valence-corrected chi connectivity index (χ0v) is 24.1. The predicted octanol–water partition coefficient (Wildman–Crippen LogP) is 4.17. The van der Waals surface area contributed by atoms with Crippen LogP contribution < -0.4 is 4.74 Å². The number of ether oxygens (including phenoxy) is 3. The molecule has 3 aromatic carbocycles. The van der Waals surface area contributed by atoms with Crippen LogP contribution in [-0.2, 0) is 46.2 Å². The lowest BCUT2D eigenvalue weighted by molar-refractivity contribution is -0.165. The molecule has 7 aliphatic rings. The maximum atomic E-state index is 14.0. The molecule has 3 aromatic rings. The molecule has 3 saturated heterocycles. The number of benzene rings is 3. The highest BCUT2D eigenvalue weighted by Gasteiger charge is 2.74. The van der Waals surface area contributed by atoms with Gasteiger partial charge in [-0.1, -0.05) is 60.7 Å². The molecule has 0 amide bonds. The number of rotatable bonds is 4. The minimum absolute atomic E-state index is 0.0678. The third-order valence-electron chi connectivity index (χ3n) is 10.6. The van der Waals surface area contributed by atoms with Crippen molar-refractivity contribution in [1.29, 1.82) is 0 Å². The second-order valence-electron chi connectivity index (χ2n) is 12.7. The van der Waals surface area contributed by atoms with Crippen molar-refractivity contribution >= 4 is 22.1 Å². The van der Waals surface area contributed by atoms with E-state index in [1.54, 1.807) is 6.07 Å². The lowest BCUT2D eigenvalue weighted by Crippen LogP contribution is -2.51. The number of esters is 2. The molecule has 0 saturated carbocycles. The SMILES string of the molecule is O=C(OC1C2OS(=O)(=O)C3C2OC1C3C(=O)Oc1cccc2c1CCCC2)C1CC2c3ccccc3C1c1ccccc12. The summed E-state index contributed by atoms with van der Waals surface area (Å²) in [4.78, 5) is 27.7. The summed E-state index contributed by atoms with van der Waals surface area (Å²) >= 11 is 0. The maximum Gasteiger partial charge on any atom is 0.318 e. The van der Waals surface area contributed by atoms with Crippen molar-refractivity contribution in [1.82, 2.24) is 0 Å². The molecule has 7 atom stereocenters. The molecule has 4 aliphatic carbocycles. The zero-order chi connectivity index (χ0) is 29.0. The van der Waals surface area contributed by atoms with E-state index in [1.807, 2.05) is 36.4 Å². The molecular weight excluding hydrogens is 568 g/mol. The minimum atomic E-state index is -4.13. The molecule has 3 aliphatic heterocycles. The van der Waals surface area contributed by atoms with Crippen molar-refractivity contribution in [2.45, 2.75) is 73.6 Å². The van der Waals surface area contributed by atoms with Crippen molar-refractivity contribution in [2.24, 2.45) is 11.8 Å². The highest BCUT2D eigenvalue weighted by Crippen LogP contribution is 2.57. The van der Waals surface area contributed by atoms with E-state index in [2.05, 4.69) is 24.3 Å². The molecule has 0 spiro atoms. The summed E-state index contributed by atoms with van der Waals surface area (Å²) in [6.07, 6.45) is 0.536. The Labute approximate surface area is 249 Å². The fraction of sp³-hybridized carbons (Fsp3) is 0.412. The topological polar surface area (TPSA) is 105 Å². The summed E-state index contributed by atoms with van der Waals surface area (Å²) in [5.41, 5.74) is 6.85. The molecule has 9 heteroatoms. The molecule has 220 valence electrons. The van der Waals surface area contributed by atoms with Gasteiger partial charge in [0.1, 0.15) is 35.2 Å². The fourth-order valence-electron chi connectivity index (χ4n) is 8.84. The van der Waals surface area contributed by atoms with Gasteiger partial charge in [-0.05, 0) is 71.6 Å². The van der Waals surface area contributed by atoms with Crippen molar-refractivity contribution in [2.75, 3.05) is 0 Å². The van der Waals surface area contributed by atoms with E-state index < -0.39 is 63.6 Å². The number of aryl methyl sites for hydroxylation is 1. The van der Waals surface area contributed by atoms with Gasteiger partial charge in [-0.15, -0.1) is 0 Å². The van der Waals surface area contributed by atoms with Crippen LogP contribution in [-0.4, -0.2) is 50.0 Å². The Morgan fingerprint density at radius 2 is 1.47 bits per heavy atom. The first-order valence-electron chi connectivity index (χ1n) is 15.2. The molecule has 43 heavy (non-hydrogen) atoms. The number of fused-ring (bicyclic) bond motifs is 3. The quantitative estimate of drug-likeness (QED) is 0.250. The Kier molecular flexibility index (Phi) is 5.57. The van der Waals surface area contributed by atoms with Gasteiger partial charge in [0.2, 0.25) is 0 Å². The van der Waals surface area contributed by atoms with Crippen LogP contribution in [0.15, 0.2) is 66.7 Å². The third kappa shape index (κ3) is 3.65. The van der Waals surface area contributed by atoms with E-state index in [0.29, 0.717) is 12.2 Å². The van der Waals surface area contributed by atoms with Gasteiger partial charge in [0, 0.05) is 11.8 Å². The molecule has 0 radical (unpaired) electrons. The second-order valence-corrected chi connectivity index (χ2v) is 14.4. The van der Waals surface area contributed by atoms with Gasteiger partial charge in [0.25, 0.3) is 10.1 Å². The van der Waals surface area contributed by atoms with E-state index >= 15 is 0 Å². The standard InChI is InChI=1S/C34H30O8S/c35-33(24-16-23-19-11-3-5-13-21(19)26(24)22-14-6-4-12-20(22)23)41-29-28-27(32-31(40-28)30(29)42-43(32,37)38)34(36)39-25-15-7-9-17-8-1-2-10-18(17)25/h3-7,9,11-15,23-24,26-32H,1-2,8,10,16H2. The average Bonchev–Trinajstić information content (AvgIpc) is 3.64. The van der Waals surface area contributed by atoms with Gasteiger partial charge in [-0.25, -0.2) is 0 Å². The molecule has 4 bridgehead atoms. The molecule has 3 fully saturated rings. The summed E-state index contributed by atoms with van der Waals surface area (Å²) in [5, 5.41) is -1.19. The minimum Gasteiger partial charge on any atom is -0.456 e.